The van der Waals surface area contributed by atoms with Gasteiger partial charge in [-0.15, -0.1) is 0 Å². The summed E-state index contributed by atoms with van der Waals surface area (Å²) < 4.78 is 33.8. The van der Waals surface area contributed by atoms with Crippen molar-refractivity contribution in [2.75, 3.05) is 23.2 Å². The second-order valence-corrected chi connectivity index (χ2v) is 9.60. The molecule has 0 fully saturated rings. The van der Waals surface area contributed by atoms with E-state index in [0.717, 1.165) is 11.3 Å². The van der Waals surface area contributed by atoms with Crippen molar-refractivity contribution in [1.29, 1.82) is 0 Å². The minimum Gasteiger partial charge on any atom is -0.492 e. The zero-order valence-electron chi connectivity index (χ0n) is 17.4. The SMILES string of the molecule is CC(C)(C)c1ccc(S(=O)(=O)Nc2cccc(OCCNc3ccncc3)c2)cc1. The summed E-state index contributed by atoms with van der Waals surface area (Å²) in [5, 5.41) is 3.23. The number of anilines is 2. The van der Waals surface area contributed by atoms with E-state index in [4.69, 9.17) is 4.74 Å². The molecule has 1 heterocycles. The van der Waals surface area contributed by atoms with Crippen molar-refractivity contribution in [3.8, 4) is 5.75 Å². The Hall–Kier alpha value is -3.06. The van der Waals surface area contributed by atoms with Gasteiger partial charge in [0, 0.05) is 30.7 Å². The van der Waals surface area contributed by atoms with Gasteiger partial charge < -0.3 is 10.1 Å². The van der Waals surface area contributed by atoms with Crippen molar-refractivity contribution in [2.45, 2.75) is 31.1 Å². The molecule has 158 valence electrons. The highest BCUT2D eigenvalue weighted by Crippen LogP contribution is 2.25. The van der Waals surface area contributed by atoms with Gasteiger partial charge in [-0.3, -0.25) is 9.71 Å². The number of aromatic nitrogens is 1. The van der Waals surface area contributed by atoms with E-state index < -0.39 is 10.0 Å². The Morgan fingerprint density at radius 2 is 1.63 bits per heavy atom. The Balaban J connectivity index is 1.59. The minimum absolute atomic E-state index is 0.0341. The summed E-state index contributed by atoms with van der Waals surface area (Å²) in [5.41, 5.74) is 2.47. The Kier molecular flexibility index (Phi) is 6.62. The fourth-order valence-electron chi connectivity index (χ4n) is 2.83. The first-order valence-electron chi connectivity index (χ1n) is 9.74. The molecule has 0 aliphatic rings. The van der Waals surface area contributed by atoms with E-state index in [-0.39, 0.29) is 10.3 Å². The number of hydrogen-bond acceptors (Lipinski definition) is 5. The highest BCUT2D eigenvalue weighted by atomic mass is 32.2. The molecule has 30 heavy (non-hydrogen) atoms. The van der Waals surface area contributed by atoms with E-state index in [1.165, 1.54) is 0 Å². The Labute approximate surface area is 178 Å². The predicted octanol–water partition coefficient (Wildman–Crippen LogP) is 4.67. The lowest BCUT2D eigenvalue weighted by Crippen LogP contribution is -2.15. The monoisotopic (exact) mass is 425 g/mol. The Bertz CT molecular complexity index is 1060. The summed E-state index contributed by atoms with van der Waals surface area (Å²) >= 11 is 0. The average molecular weight is 426 g/mol. The van der Waals surface area contributed by atoms with Gasteiger partial charge in [0.05, 0.1) is 10.6 Å². The van der Waals surface area contributed by atoms with E-state index in [0.29, 0.717) is 24.6 Å². The smallest absolute Gasteiger partial charge is 0.261 e. The normalized spacial score (nSPS) is 11.7. The number of pyridine rings is 1. The summed E-state index contributed by atoms with van der Waals surface area (Å²) in [4.78, 5) is 4.19. The lowest BCUT2D eigenvalue weighted by molar-refractivity contribution is 0.333. The molecule has 0 unspecified atom stereocenters. The molecule has 1 aromatic heterocycles. The molecule has 0 saturated heterocycles. The number of nitrogens with zero attached hydrogens (tertiary/aromatic N) is 1. The first kappa shape index (κ1) is 21.6. The van der Waals surface area contributed by atoms with Crippen LogP contribution in [-0.4, -0.2) is 26.6 Å². The maximum Gasteiger partial charge on any atom is 0.261 e. The number of benzene rings is 2. The van der Waals surface area contributed by atoms with Crippen molar-refractivity contribution in [1.82, 2.24) is 4.98 Å². The van der Waals surface area contributed by atoms with Crippen LogP contribution in [0, 0.1) is 0 Å². The van der Waals surface area contributed by atoms with Crippen molar-refractivity contribution in [3.63, 3.8) is 0 Å². The first-order chi connectivity index (χ1) is 14.2. The third kappa shape index (κ3) is 5.97. The number of hydrogen-bond donors (Lipinski definition) is 2. The Morgan fingerprint density at radius 3 is 2.30 bits per heavy atom. The molecule has 3 aromatic rings. The number of ether oxygens (including phenoxy) is 1. The maximum absolute atomic E-state index is 12.7. The molecule has 0 spiro atoms. The number of sulfonamides is 1. The van der Waals surface area contributed by atoms with Crippen molar-refractivity contribution in [2.24, 2.45) is 0 Å². The molecule has 0 radical (unpaired) electrons. The fourth-order valence-corrected chi connectivity index (χ4v) is 3.88. The summed E-state index contributed by atoms with van der Waals surface area (Å²) in [5.74, 6) is 0.592. The van der Waals surface area contributed by atoms with Crippen LogP contribution in [0.25, 0.3) is 0 Å². The highest BCUT2D eigenvalue weighted by molar-refractivity contribution is 7.92. The first-order valence-corrected chi connectivity index (χ1v) is 11.2. The van der Waals surface area contributed by atoms with Crippen LogP contribution in [0.15, 0.2) is 78.0 Å². The van der Waals surface area contributed by atoms with Gasteiger partial charge in [-0.25, -0.2) is 8.42 Å². The van der Waals surface area contributed by atoms with E-state index >= 15 is 0 Å². The van der Waals surface area contributed by atoms with Gasteiger partial charge in [0.1, 0.15) is 12.4 Å². The second-order valence-electron chi connectivity index (χ2n) is 7.92. The van der Waals surface area contributed by atoms with E-state index in [1.54, 1.807) is 48.8 Å². The van der Waals surface area contributed by atoms with Gasteiger partial charge >= 0.3 is 0 Å². The molecule has 0 bridgehead atoms. The van der Waals surface area contributed by atoms with Crippen LogP contribution in [0.3, 0.4) is 0 Å². The summed E-state index contributed by atoms with van der Waals surface area (Å²) in [6.07, 6.45) is 3.44. The van der Waals surface area contributed by atoms with Crippen LogP contribution in [0.4, 0.5) is 11.4 Å². The predicted molar refractivity (Wildman–Crippen MR) is 121 cm³/mol. The number of rotatable bonds is 8. The molecular weight excluding hydrogens is 398 g/mol. The third-order valence-corrected chi connectivity index (χ3v) is 5.89. The fraction of sp³-hybridized carbons (Fsp3) is 0.261. The quantitative estimate of drug-likeness (QED) is 0.513. The second kappa shape index (κ2) is 9.17. The lowest BCUT2D eigenvalue weighted by atomic mass is 9.87. The van der Waals surface area contributed by atoms with Crippen LogP contribution in [-0.2, 0) is 15.4 Å². The highest BCUT2D eigenvalue weighted by Gasteiger charge is 2.18. The van der Waals surface area contributed by atoms with Crippen LogP contribution >= 0.6 is 0 Å². The molecule has 0 aliphatic carbocycles. The number of nitrogens with one attached hydrogen (secondary N) is 2. The van der Waals surface area contributed by atoms with Gasteiger partial charge in [-0.2, -0.15) is 0 Å². The third-order valence-electron chi connectivity index (χ3n) is 4.50. The molecular formula is C23H27N3O3S. The van der Waals surface area contributed by atoms with Crippen molar-refractivity contribution < 1.29 is 13.2 Å². The van der Waals surface area contributed by atoms with E-state index in [1.807, 2.05) is 24.3 Å². The van der Waals surface area contributed by atoms with Crippen molar-refractivity contribution in [3.05, 3.63) is 78.6 Å². The molecule has 0 aliphatic heterocycles. The van der Waals surface area contributed by atoms with Crippen LogP contribution in [0.5, 0.6) is 5.75 Å². The molecule has 3 rings (SSSR count). The molecule has 0 saturated carbocycles. The molecule has 2 aromatic carbocycles. The molecule has 7 heteroatoms. The van der Waals surface area contributed by atoms with Gasteiger partial charge in [0.15, 0.2) is 0 Å². The molecule has 6 nitrogen and oxygen atoms in total. The van der Waals surface area contributed by atoms with E-state index in [9.17, 15) is 8.42 Å². The van der Waals surface area contributed by atoms with Crippen LogP contribution < -0.4 is 14.8 Å². The summed E-state index contributed by atoms with van der Waals surface area (Å²) in [6, 6.07) is 17.6. The van der Waals surface area contributed by atoms with E-state index in [2.05, 4.69) is 35.8 Å². The van der Waals surface area contributed by atoms with Gasteiger partial charge in [0.2, 0.25) is 0 Å². The van der Waals surface area contributed by atoms with Crippen LogP contribution in [0.2, 0.25) is 0 Å². The zero-order chi connectivity index (χ0) is 21.6. The van der Waals surface area contributed by atoms with Gasteiger partial charge in [0.25, 0.3) is 10.0 Å². The molecule has 0 amide bonds. The zero-order valence-corrected chi connectivity index (χ0v) is 18.2. The maximum atomic E-state index is 12.7. The van der Waals surface area contributed by atoms with Gasteiger partial charge in [-0.1, -0.05) is 39.0 Å². The summed E-state index contributed by atoms with van der Waals surface area (Å²) in [7, 11) is -3.68. The molecule has 0 atom stereocenters. The average Bonchev–Trinajstić information content (AvgIpc) is 2.71. The molecule has 2 N–H and O–H groups in total. The van der Waals surface area contributed by atoms with Crippen molar-refractivity contribution >= 4 is 21.4 Å². The summed E-state index contributed by atoms with van der Waals surface area (Å²) in [6.45, 7) is 7.32. The standard InChI is InChI=1S/C23H27N3O3S/c1-23(2,3)18-7-9-22(10-8-18)30(27,28)26-20-5-4-6-21(17-20)29-16-15-25-19-11-13-24-14-12-19/h4-14,17,26H,15-16H2,1-3H3,(H,24,25). The van der Waals surface area contributed by atoms with Gasteiger partial charge in [-0.05, 0) is 47.4 Å². The lowest BCUT2D eigenvalue weighted by Gasteiger charge is -2.19. The largest absolute Gasteiger partial charge is 0.492 e. The minimum atomic E-state index is -3.68. The Morgan fingerprint density at radius 1 is 0.933 bits per heavy atom. The topological polar surface area (TPSA) is 80.3 Å². The van der Waals surface area contributed by atoms with Crippen LogP contribution in [0.1, 0.15) is 26.3 Å².